The zero-order chi connectivity index (χ0) is 5.70. The molecular weight excluding hydrogens is 99.5 g/mol. The van der Waals surface area contributed by atoms with Crippen LogP contribution >= 0.6 is 11.6 Å². The van der Waals surface area contributed by atoms with Crippen molar-refractivity contribution in [3.63, 3.8) is 0 Å². The Morgan fingerprint density at radius 1 is 2.17 bits per heavy atom. The summed E-state index contributed by atoms with van der Waals surface area (Å²) in [6.45, 7) is 2.39. The molecule has 0 unspecified atom stereocenters. The van der Waals surface area contributed by atoms with Crippen molar-refractivity contribution in [3.8, 4) is 0 Å². The van der Waals surface area contributed by atoms with Crippen LogP contribution in [0.4, 0.5) is 0 Å². The zero-order valence-corrected chi connectivity index (χ0v) is 4.33. The van der Waals surface area contributed by atoms with E-state index in [2.05, 4.69) is 4.74 Å². The SMILES string of the molecule is [2H]C(Cl)=COCC. The lowest BCUT2D eigenvalue weighted by atomic mass is 10.9. The summed E-state index contributed by atoms with van der Waals surface area (Å²) in [6.07, 6.45) is 1.20. The molecule has 0 aromatic heterocycles. The molecule has 0 aromatic rings. The van der Waals surface area contributed by atoms with E-state index in [1.807, 2.05) is 6.92 Å². The van der Waals surface area contributed by atoms with Gasteiger partial charge >= 0.3 is 0 Å². The average Bonchev–Trinajstić information content (AvgIpc) is 1.61. The topological polar surface area (TPSA) is 9.23 Å². The van der Waals surface area contributed by atoms with E-state index in [-0.39, 0.29) is 5.51 Å². The molecule has 0 radical (unpaired) electrons. The van der Waals surface area contributed by atoms with Gasteiger partial charge in [0.25, 0.3) is 0 Å². The highest BCUT2D eigenvalue weighted by atomic mass is 35.5. The molecule has 0 aliphatic heterocycles. The van der Waals surface area contributed by atoms with Crippen LogP contribution < -0.4 is 0 Å². The van der Waals surface area contributed by atoms with Gasteiger partial charge in [-0.15, -0.1) is 0 Å². The number of rotatable bonds is 2. The third kappa shape index (κ3) is 3.83. The van der Waals surface area contributed by atoms with E-state index in [9.17, 15) is 0 Å². The van der Waals surface area contributed by atoms with Crippen molar-refractivity contribution in [2.45, 2.75) is 6.92 Å². The lowest BCUT2D eigenvalue weighted by Gasteiger charge is -1.85. The maximum atomic E-state index is 6.58. The van der Waals surface area contributed by atoms with Gasteiger partial charge in [-0.3, -0.25) is 0 Å². The number of halogens is 1. The third-order valence-electron chi connectivity index (χ3n) is 0.295. The van der Waals surface area contributed by atoms with Crippen LogP contribution in [0.2, 0.25) is 0 Å². The molecular formula is C4H7ClO. The summed E-state index contributed by atoms with van der Waals surface area (Å²) in [4.78, 5) is 0. The predicted molar refractivity (Wildman–Crippen MR) is 26.6 cm³/mol. The normalized spacial score (nSPS) is 13.7. The molecule has 0 heterocycles. The van der Waals surface area contributed by atoms with Crippen LogP contribution in [0.5, 0.6) is 0 Å². The maximum absolute atomic E-state index is 6.58. The Balaban J connectivity index is 3.08. The lowest BCUT2D eigenvalue weighted by molar-refractivity contribution is 0.270. The van der Waals surface area contributed by atoms with Crippen molar-refractivity contribution >= 4 is 11.6 Å². The minimum absolute atomic E-state index is 0.0677. The standard InChI is InChI=1S/C4H7ClO/c1-2-6-4-3-5/h3-4H,2H2,1H3/i3D. The molecule has 0 saturated heterocycles. The van der Waals surface area contributed by atoms with Gasteiger partial charge in [-0.25, -0.2) is 0 Å². The number of hydrogen-bond donors (Lipinski definition) is 0. The van der Waals surface area contributed by atoms with E-state index in [4.69, 9.17) is 13.0 Å². The first-order chi connectivity index (χ1) is 3.27. The predicted octanol–water partition coefficient (Wildman–Crippen LogP) is 1.73. The molecule has 0 atom stereocenters. The molecule has 0 aromatic carbocycles. The zero-order valence-electron chi connectivity index (χ0n) is 4.57. The quantitative estimate of drug-likeness (QED) is 0.489. The van der Waals surface area contributed by atoms with Crippen LogP contribution in [0.15, 0.2) is 11.8 Å². The van der Waals surface area contributed by atoms with Crippen LogP contribution in [0.25, 0.3) is 0 Å². The highest BCUT2D eigenvalue weighted by molar-refractivity contribution is 6.25. The van der Waals surface area contributed by atoms with Crippen LogP contribution in [-0.4, -0.2) is 6.61 Å². The van der Waals surface area contributed by atoms with Gasteiger partial charge in [0.2, 0.25) is 0 Å². The van der Waals surface area contributed by atoms with Gasteiger partial charge in [-0.2, -0.15) is 0 Å². The van der Waals surface area contributed by atoms with Crippen molar-refractivity contribution in [3.05, 3.63) is 11.8 Å². The molecule has 0 amide bonds. The summed E-state index contributed by atoms with van der Waals surface area (Å²) < 4.78 is 11.2. The van der Waals surface area contributed by atoms with Gasteiger partial charge in [0, 0.05) is 5.51 Å². The molecule has 1 nitrogen and oxygen atoms in total. The van der Waals surface area contributed by atoms with Crippen LogP contribution in [0.1, 0.15) is 8.29 Å². The highest BCUT2D eigenvalue weighted by Crippen LogP contribution is 1.78. The highest BCUT2D eigenvalue weighted by Gasteiger charge is 1.61. The lowest BCUT2D eigenvalue weighted by Crippen LogP contribution is -1.73. The van der Waals surface area contributed by atoms with E-state index in [1.54, 1.807) is 0 Å². The van der Waals surface area contributed by atoms with E-state index in [1.165, 1.54) is 6.26 Å². The molecule has 0 aliphatic carbocycles. The molecule has 0 spiro atoms. The van der Waals surface area contributed by atoms with Gasteiger partial charge in [-0.05, 0) is 6.92 Å². The summed E-state index contributed by atoms with van der Waals surface area (Å²) in [7, 11) is 0. The maximum Gasteiger partial charge on any atom is 0.0941 e. The summed E-state index contributed by atoms with van der Waals surface area (Å²) in [5.41, 5.74) is -0.0677. The average molecular weight is 108 g/mol. The van der Waals surface area contributed by atoms with Crippen LogP contribution in [-0.2, 0) is 4.74 Å². The number of hydrogen-bond acceptors (Lipinski definition) is 1. The van der Waals surface area contributed by atoms with Crippen molar-refractivity contribution in [1.29, 1.82) is 0 Å². The minimum Gasteiger partial charge on any atom is -0.501 e. The van der Waals surface area contributed by atoms with E-state index < -0.39 is 0 Å². The monoisotopic (exact) mass is 107 g/mol. The van der Waals surface area contributed by atoms with Crippen LogP contribution in [0, 0.1) is 0 Å². The summed E-state index contributed by atoms with van der Waals surface area (Å²) in [6, 6.07) is 0. The van der Waals surface area contributed by atoms with Crippen LogP contribution in [0.3, 0.4) is 0 Å². The largest absolute Gasteiger partial charge is 0.501 e. The van der Waals surface area contributed by atoms with Crippen molar-refractivity contribution in [2.24, 2.45) is 0 Å². The molecule has 6 heavy (non-hydrogen) atoms. The van der Waals surface area contributed by atoms with Gasteiger partial charge in [0.15, 0.2) is 0 Å². The fraction of sp³-hybridized carbons (Fsp3) is 0.500. The third-order valence-corrected chi connectivity index (χ3v) is 0.384. The van der Waals surface area contributed by atoms with Crippen molar-refractivity contribution < 1.29 is 6.11 Å². The first-order valence-corrected chi connectivity index (χ1v) is 2.09. The first-order valence-electron chi connectivity index (χ1n) is 2.21. The van der Waals surface area contributed by atoms with Gasteiger partial charge in [-0.1, -0.05) is 11.6 Å². The molecule has 0 fully saturated rings. The smallest absolute Gasteiger partial charge is 0.0941 e. The molecule has 36 valence electrons. The van der Waals surface area contributed by atoms with Gasteiger partial charge in [0.1, 0.15) is 0 Å². The van der Waals surface area contributed by atoms with Crippen molar-refractivity contribution in [2.75, 3.05) is 6.61 Å². The Kier molecular flexibility index (Phi) is 3.22. The van der Waals surface area contributed by atoms with Crippen molar-refractivity contribution in [1.82, 2.24) is 0 Å². The van der Waals surface area contributed by atoms with Gasteiger partial charge < -0.3 is 4.74 Å². The second-order valence-corrected chi connectivity index (χ2v) is 0.901. The molecule has 0 saturated carbocycles. The fourth-order valence-electron chi connectivity index (χ4n) is 0.115. The Bertz CT molecular complexity index is 68.1. The second kappa shape index (κ2) is 4.83. The Morgan fingerprint density at radius 2 is 2.83 bits per heavy atom. The molecule has 0 rings (SSSR count). The molecule has 2 heteroatoms. The molecule has 0 aliphatic rings. The molecule has 0 N–H and O–H groups in total. The summed E-state index contributed by atoms with van der Waals surface area (Å²) in [5, 5.41) is 0. The summed E-state index contributed by atoms with van der Waals surface area (Å²) >= 11 is 5.06. The Morgan fingerprint density at radius 3 is 3.00 bits per heavy atom. The van der Waals surface area contributed by atoms with Gasteiger partial charge in [0.05, 0.1) is 14.2 Å². The first kappa shape index (κ1) is 4.00. The van der Waals surface area contributed by atoms with E-state index in [0.29, 0.717) is 6.61 Å². The van der Waals surface area contributed by atoms with E-state index in [0.717, 1.165) is 0 Å². The Hall–Kier alpha value is -0.170. The number of ether oxygens (including phenoxy) is 1. The van der Waals surface area contributed by atoms with E-state index >= 15 is 0 Å². The summed E-state index contributed by atoms with van der Waals surface area (Å²) in [5.74, 6) is 0. The Labute approximate surface area is 44.0 Å². The second-order valence-electron chi connectivity index (χ2n) is 0.682. The minimum atomic E-state index is -0.0677. The fourth-order valence-corrected chi connectivity index (χ4v) is 0.178. The molecule has 0 bridgehead atoms.